The predicted molar refractivity (Wildman–Crippen MR) is 97.3 cm³/mol. The Bertz CT molecular complexity index is 872. The molecule has 0 N–H and O–H groups in total. The second kappa shape index (κ2) is 7.53. The third-order valence-electron chi connectivity index (χ3n) is 4.61. The highest BCUT2D eigenvalue weighted by molar-refractivity contribution is 5.78. The van der Waals surface area contributed by atoms with E-state index >= 15 is 0 Å². The van der Waals surface area contributed by atoms with Crippen LogP contribution in [-0.4, -0.2) is 63.7 Å². The maximum Gasteiger partial charge on any atom is 0.263 e. The lowest BCUT2D eigenvalue weighted by molar-refractivity contribution is -0.138. The van der Waals surface area contributed by atoms with E-state index < -0.39 is 0 Å². The summed E-state index contributed by atoms with van der Waals surface area (Å²) in [6, 6.07) is 17.9. The first-order valence-electron chi connectivity index (χ1n) is 8.77. The van der Waals surface area contributed by atoms with Crippen LogP contribution in [0.1, 0.15) is 5.56 Å². The molecule has 4 rings (SSSR count). The summed E-state index contributed by atoms with van der Waals surface area (Å²) in [6.07, 6.45) is 0. The minimum absolute atomic E-state index is 0.0241. The number of amides is 1. The van der Waals surface area contributed by atoms with E-state index in [1.165, 1.54) is 10.4 Å². The summed E-state index contributed by atoms with van der Waals surface area (Å²) < 4.78 is 0. The number of hydrogen-bond donors (Lipinski definition) is 0. The molecule has 134 valence electrons. The molecule has 1 fully saturated rings. The van der Waals surface area contributed by atoms with Gasteiger partial charge in [0.15, 0.2) is 6.61 Å². The summed E-state index contributed by atoms with van der Waals surface area (Å²) in [5.74, 6) is -0.0241. The van der Waals surface area contributed by atoms with Crippen molar-refractivity contribution in [3.63, 3.8) is 0 Å². The van der Waals surface area contributed by atoms with Crippen molar-refractivity contribution < 1.29 is 9.63 Å². The van der Waals surface area contributed by atoms with Crippen LogP contribution in [0.4, 0.5) is 0 Å². The van der Waals surface area contributed by atoms with Gasteiger partial charge in [0.05, 0.1) is 0 Å². The molecule has 0 spiro atoms. The van der Waals surface area contributed by atoms with Gasteiger partial charge in [-0.3, -0.25) is 9.69 Å². The van der Waals surface area contributed by atoms with Gasteiger partial charge < -0.3 is 9.74 Å². The molecule has 1 aromatic heterocycles. The molecule has 3 aromatic rings. The zero-order chi connectivity index (χ0) is 17.8. The molecular formula is C19H21N5O2. The number of benzene rings is 2. The molecule has 1 aliphatic rings. The number of piperazine rings is 1. The quantitative estimate of drug-likeness (QED) is 0.691. The first kappa shape index (κ1) is 16.5. The first-order chi connectivity index (χ1) is 12.8. The summed E-state index contributed by atoms with van der Waals surface area (Å²) >= 11 is 0. The Labute approximate surface area is 151 Å². The van der Waals surface area contributed by atoms with Crippen molar-refractivity contribution in [2.75, 3.05) is 32.8 Å². The van der Waals surface area contributed by atoms with Crippen LogP contribution in [0.15, 0.2) is 54.6 Å². The molecule has 7 heteroatoms. The molecule has 2 heterocycles. The molecule has 0 aliphatic carbocycles. The fraction of sp³-hybridized carbons (Fsp3) is 0.316. The van der Waals surface area contributed by atoms with E-state index in [0.717, 1.165) is 30.7 Å². The average Bonchev–Trinajstić information content (AvgIpc) is 3.11. The molecule has 0 unspecified atom stereocenters. The van der Waals surface area contributed by atoms with Gasteiger partial charge >= 0.3 is 0 Å². The van der Waals surface area contributed by atoms with Gasteiger partial charge in [-0.1, -0.05) is 47.3 Å². The molecule has 0 bridgehead atoms. The number of aromatic nitrogens is 3. The third-order valence-corrected chi connectivity index (χ3v) is 4.61. The van der Waals surface area contributed by atoms with E-state index in [1.807, 2.05) is 35.2 Å². The molecule has 1 saturated heterocycles. The van der Waals surface area contributed by atoms with Gasteiger partial charge in [0.2, 0.25) is 0 Å². The summed E-state index contributed by atoms with van der Waals surface area (Å²) in [4.78, 5) is 23.5. The topological polar surface area (TPSA) is 63.5 Å². The van der Waals surface area contributed by atoms with Gasteiger partial charge in [-0.25, -0.2) is 0 Å². The molecule has 0 saturated carbocycles. The van der Waals surface area contributed by atoms with E-state index in [4.69, 9.17) is 4.84 Å². The second-order valence-corrected chi connectivity index (χ2v) is 6.37. The van der Waals surface area contributed by atoms with Crippen LogP contribution >= 0.6 is 0 Å². The standard InChI is InChI=1S/C19H21N5O2/c25-19(15-26-24-18-9-5-4-8-17(18)20-21-24)23-12-10-22(11-13-23)14-16-6-2-1-3-7-16/h1-9H,10-15H2. The van der Waals surface area contributed by atoms with Crippen molar-refractivity contribution in [1.29, 1.82) is 0 Å². The highest BCUT2D eigenvalue weighted by Gasteiger charge is 2.21. The number of rotatable bonds is 5. The largest absolute Gasteiger partial charge is 0.385 e. The van der Waals surface area contributed by atoms with Crippen LogP contribution in [0.5, 0.6) is 0 Å². The normalized spacial score (nSPS) is 15.3. The van der Waals surface area contributed by atoms with E-state index in [0.29, 0.717) is 13.1 Å². The van der Waals surface area contributed by atoms with Crippen LogP contribution < -0.4 is 4.84 Å². The smallest absolute Gasteiger partial charge is 0.263 e. The summed E-state index contributed by atoms with van der Waals surface area (Å²) in [5.41, 5.74) is 2.80. The number of carbonyl (C=O) groups is 1. The molecule has 2 aromatic carbocycles. The molecule has 0 radical (unpaired) electrons. The van der Waals surface area contributed by atoms with E-state index in [9.17, 15) is 4.79 Å². The first-order valence-corrected chi connectivity index (χ1v) is 8.77. The Hall–Kier alpha value is -2.93. The Morgan fingerprint density at radius 3 is 2.50 bits per heavy atom. The SMILES string of the molecule is O=C(COn1nnc2ccccc21)N1CCN(Cc2ccccc2)CC1. The monoisotopic (exact) mass is 351 g/mol. The van der Waals surface area contributed by atoms with Crippen molar-refractivity contribution in [2.24, 2.45) is 0 Å². The Balaban J connectivity index is 1.27. The van der Waals surface area contributed by atoms with Crippen molar-refractivity contribution in [1.82, 2.24) is 25.0 Å². The maximum absolute atomic E-state index is 12.4. The summed E-state index contributed by atoms with van der Waals surface area (Å²) in [5, 5.41) is 7.95. The Morgan fingerprint density at radius 1 is 0.962 bits per heavy atom. The van der Waals surface area contributed by atoms with Gasteiger partial charge in [-0.15, -0.1) is 5.10 Å². The second-order valence-electron chi connectivity index (χ2n) is 6.37. The number of carbonyl (C=O) groups excluding carboxylic acids is 1. The van der Waals surface area contributed by atoms with Crippen LogP contribution in [0.25, 0.3) is 11.0 Å². The van der Waals surface area contributed by atoms with Crippen molar-refractivity contribution >= 4 is 16.9 Å². The van der Waals surface area contributed by atoms with Gasteiger partial charge in [-0.05, 0) is 22.9 Å². The molecule has 1 amide bonds. The lowest BCUT2D eigenvalue weighted by Gasteiger charge is -2.34. The van der Waals surface area contributed by atoms with Gasteiger partial charge in [-0.2, -0.15) is 0 Å². The van der Waals surface area contributed by atoms with Crippen LogP contribution in [0.2, 0.25) is 0 Å². The minimum atomic E-state index is -0.0357. The van der Waals surface area contributed by atoms with Crippen LogP contribution in [0, 0.1) is 0 Å². The minimum Gasteiger partial charge on any atom is -0.385 e. The number of fused-ring (bicyclic) bond motifs is 1. The van der Waals surface area contributed by atoms with E-state index in [2.05, 4.69) is 39.5 Å². The molecule has 1 aliphatic heterocycles. The fourth-order valence-electron chi connectivity index (χ4n) is 3.15. The van der Waals surface area contributed by atoms with Crippen molar-refractivity contribution in [2.45, 2.75) is 6.54 Å². The lowest BCUT2D eigenvalue weighted by atomic mass is 10.2. The zero-order valence-corrected chi connectivity index (χ0v) is 14.5. The van der Waals surface area contributed by atoms with Gasteiger partial charge in [0, 0.05) is 32.7 Å². The fourth-order valence-corrected chi connectivity index (χ4v) is 3.15. The molecule has 26 heavy (non-hydrogen) atoms. The zero-order valence-electron chi connectivity index (χ0n) is 14.5. The van der Waals surface area contributed by atoms with E-state index in [-0.39, 0.29) is 12.5 Å². The molecule has 7 nitrogen and oxygen atoms in total. The number of para-hydroxylation sites is 1. The summed E-state index contributed by atoms with van der Waals surface area (Å²) in [7, 11) is 0. The maximum atomic E-state index is 12.4. The van der Waals surface area contributed by atoms with Crippen molar-refractivity contribution in [3.05, 3.63) is 60.2 Å². The van der Waals surface area contributed by atoms with Crippen LogP contribution in [0.3, 0.4) is 0 Å². The molecule has 0 atom stereocenters. The average molecular weight is 351 g/mol. The highest BCUT2D eigenvalue weighted by atomic mass is 16.7. The lowest BCUT2D eigenvalue weighted by Crippen LogP contribution is -2.50. The molecular weight excluding hydrogens is 330 g/mol. The number of hydrogen-bond acceptors (Lipinski definition) is 5. The van der Waals surface area contributed by atoms with E-state index in [1.54, 1.807) is 0 Å². The Kier molecular flexibility index (Phi) is 4.79. The highest BCUT2D eigenvalue weighted by Crippen LogP contribution is 2.10. The number of nitrogens with zero attached hydrogens (tertiary/aromatic N) is 5. The third kappa shape index (κ3) is 3.67. The Morgan fingerprint density at radius 2 is 1.69 bits per heavy atom. The van der Waals surface area contributed by atoms with Gasteiger partial charge in [0.25, 0.3) is 5.91 Å². The van der Waals surface area contributed by atoms with Crippen LogP contribution in [-0.2, 0) is 11.3 Å². The summed E-state index contributed by atoms with van der Waals surface area (Å²) in [6.45, 7) is 4.05. The van der Waals surface area contributed by atoms with Gasteiger partial charge in [0.1, 0.15) is 11.0 Å². The predicted octanol–water partition coefficient (Wildman–Crippen LogP) is 1.20. The van der Waals surface area contributed by atoms with Crippen molar-refractivity contribution in [3.8, 4) is 0 Å².